The van der Waals surface area contributed by atoms with Crippen LogP contribution in [0, 0.1) is 35.3 Å². The van der Waals surface area contributed by atoms with Gasteiger partial charge in [-0.25, -0.2) is 22.3 Å². The van der Waals surface area contributed by atoms with E-state index in [1.807, 2.05) is 13.8 Å². The Kier molecular flexibility index (Phi) is 16.0. The van der Waals surface area contributed by atoms with E-state index >= 15 is 8.78 Å². The molecule has 7 rings (SSSR count). The minimum absolute atomic E-state index is 0.0204. The van der Waals surface area contributed by atoms with E-state index in [1.165, 1.54) is 36.0 Å². The predicted octanol–water partition coefficient (Wildman–Crippen LogP) is 10.2. The standard InChI is InChI=1S/C44H38ClF10N7O5S2.C2H6/c1-41(2,68-3)11-9-26-5-6-27(28-7-8-30(45)33-35(28)61(20-43(50,51)52)59-38(33)62(69(4)67)39(64)22-16-23(17-22)40(65)66)34(56-26)31(15-21-13-24(46)18-25(47)14-21)57-32(63)19-60-37-29(10-12-42(37,48)49)36(58-60)44(53,54)55;1-2/h5-8,13-14,18,22-23,31H,10,12,15-17,19-20H2,1-4H3,(H,57,63)(H,65,66);1-2H3. The monoisotopic (exact) mass is 1060 g/mol. The number of nitrogens with one attached hydrogen (secondary N) is 1. The van der Waals surface area contributed by atoms with Gasteiger partial charge in [-0.3, -0.25) is 23.7 Å². The van der Waals surface area contributed by atoms with Gasteiger partial charge < -0.3 is 10.4 Å². The van der Waals surface area contributed by atoms with Gasteiger partial charge in [-0.05, 0) is 87.6 Å². The van der Waals surface area contributed by atoms with Crippen LogP contribution in [0.4, 0.5) is 49.7 Å². The van der Waals surface area contributed by atoms with Crippen molar-refractivity contribution in [2.75, 3.05) is 16.8 Å². The summed E-state index contributed by atoms with van der Waals surface area (Å²) in [6, 6.07) is 5.79. The number of fused-ring (bicyclic) bond motifs is 2. The van der Waals surface area contributed by atoms with Gasteiger partial charge in [-0.2, -0.15) is 45.3 Å². The number of carbonyl (C=O) groups is 3. The first-order chi connectivity index (χ1) is 33.1. The van der Waals surface area contributed by atoms with Crippen LogP contribution in [0.3, 0.4) is 0 Å². The Morgan fingerprint density at radius 1 is 0.986 bits per heavy atom. The van der Waals surface area contributed by atoms with Gasteiger partial charge in [0.25, 0.3) is 5.92 Å². The summed E-state index contributed by atoms with van der Waals surface area (Å²) in [5.74, 6) is -5.96. The number of amides is 2. The van der Waals surface area contributed by atoms with Crippen molar-refractivity contribution in [2.45, 2.75) is 102 Å². The van der Waals surface area contributed by atoms with E-state index in [0.717, 1.165) is 18.4 Å². The molecule has 0 saturated heterocycles. The van der Waals surface area contributed by atoms with Gasteiger partial charge >= 0.3 is 18.3 Å². The zero-order valence-electron chi connectivity index (χ0n) is 38.5. The van der Waals surface area contributed by atoms with Crippen LogP contribution in [0.1, 0.15) is 86.9 Å². The van der Waals surface area contributed by atoms with Crippen LogP contribution in [0.5, 0.6) is 0 Å². The molecule has 382 valence electrons. The lowest BCUT2D eigenvalue weighted by Crippen LogP contribution is -2.44. The molecule has 71 heavy (non-hydrogen) atoms. The Labute approximate surface area is 411 Å². The number of carboxylic acids is 1. The molecule has 2 atom stereocenters. The number of halogens is 11. The number of carbonyl (C=O) groups excluding carboxylic acids is 2. The van der Waals surface area contributed by atoms with Gasteiger partial charge in [0.15, 0.2) is 11.5 Å². The van der Waals surface area contributed by atoms with Gasteiger partial charge in [0.1, 0.15) is 47.1 Å². The van der Waals surface area contributed by atoms with Crippen molar-refractivity contribution in [3.05, 3.63) is 93.0 Å². The van der Waals surface area contributed by atoms with E-state index in [2.05, 4.69) is 32.3 Å². The average Bonchev–Trinajstić information content (AvgIpc) is 3.90. The van der Waals surface area contributed by atoms with Crippen molar-refractivity contribution >= 4 is 68.9 Å². The van der Waals surface area contributed by atoms with Crippen LogP contribution < -0.4 is 9.62 Å². The second-order valence-corrected chi connectivity index (χ2v) is 20.0. The normalized spacial score (nSPS) is 17.3. The van der Waals surface area contributed by atoms with Gasteiger partial charge in [0, 0.05) is 41.4 Å². The minimum Gasteiger partial charge on any atom is -0.481 e. The number of aliphatic carboxylic acids is 1. The van der Waals surface area contributed by atoms with Crippen LogP contribution in [-0.2, 0) is 63.4 Å². The van der Waals surface area contributed by atoms with Crippen LogP contribution in [-0.4, -0.2) is 75.1 Å². The Morgan fingerprint density at radius 3 is 2.20 bits per heavy atom. The molecule has 0 radical (unpaired) electrons. The van der Waals surface area contributed by atoms with E-state index in [4.69, 9.17) is 11.6 Å². The summed E-state index contributed by atoms with van der Waals surface area (Å²) in [4.78, 5) is 44.2. The summed E-state index contributed by atoms with van der Waals surface area (Å²) in [6.45, 7) is 4.48. The number of aromatic nitrogens is 5. The summed E-state index contributed by atoms with van der Waals surface area (Å²) in [7, 11) is -2.34. The van der Waals surface area contributed by atoms with Gasteiger partial charge in [0.2, 0.25) is 11.8 Å². The number of carboxylic acid groups (broad SMARTS) is 1. The first-order valence-corrected chi connectivity index (χ1v) is 24.7. The Bertz CT molecular complexity index is 2960. The second-order valence-electron chi connectivity index (χ2n) is 16.9. The zero-order chi connectivity index (χ0) is 52.7. The summed E-state index contributed by atoms with van der Waals surface area (Å²) in [6.07, 6.45) is -10.0. The van der Waals surface area contributed by atoms with Crippen molar-refractivity contribution in [1.82, 2.24) is 29.9 Å². The molecule has 2 aromatic carbocycles. The van der Waals surface area contributed by atoms with E-state index in [9.17, 15) is 58.8 Å². The van der Waals surface area contributed by atoms with Gasteiger partial charge in [0.05, 0.1) is 38.3 Å². The molecule has 2 unspecified atom stereocenters. The Hall–Kier alpha value is -5.67. The topological polar surface area (TPSA) is 152 Å². The SMILES string of the molecule is CC.CSC(C)(C)C#Cc1ccc(-c2ccc(Cl)c3c(N(C(=O)C4CC(C(=O)O)C4)S(C)=O)nn(CC(F)(F)F)c23)c(C(Cc2cc(F)cc(F)c2)NC(=O)Cn2nc(C(F)(F)F)c3c2C(F)(F)CC3)n1. The Balaban J connectivity index is 0.00000407. The van der Waals surface area contributed by atoms with Gasteiger partial charge in [-0.15, -0.1) is 11.8 Å². The molecule has 5 aromatic rings. The highest BCUT2D eigenvalue weighted by atomic mass is 35.5. The summed E-state index contributed by atoms with van der Waals surface area (Å²) in [5.41, 5.74) is -4.76. The van der Waals surface area contributed by atoms with Crippen LogP contribution in [0.15, 0.2) is 42.5 Å². The van der Waals surface area contributed by atoms with Crippen molar-refractivity contribution in [3.8, 4) is 23.0 Å². The molecular weight excluding hydrogens is 1020 g/mol. The molecule has 25 heteroatoms. The molecule has 1 saturated carbocycles. The number of rotatable bonds is 13. The third-order valence-corrected chi connectivity index (χ3v) is 13.8. The number of thioether (sulfide) groups is 1. The van der Waals surface area contributed by atoms with Crippen LogP contribution in [0.2, 0.25) is 5.02 Å². The highest BCUT2D eigenvalue weighted by Crippen LogP contribution is 2.47. The first-order valence-electron chi connectivity index (χ1n) is 21.6. The molecule has 2 aliphatic carbocycles. The van der Waals surface area contributed by atoms with Crippen molar-refractivity contribution in [1.29, 1.82) is 0 Å². The maximum Gasteiger partial charge on any atom is 0.435 e. The third kappa shape index (κ3) is 12.0. The van der Waals surface area contributed by atoms with E-state index in [0.29, 0.717) is 15.1 Å². The molecule has 12 nitrogen and oxygen atoms in total. The van der Waals surface area contributed by atoms with E-state index in [1.54, 1.807) is 20.1 Å². The van der Waals surface area contributed by atoms with E-state index < -0.39 is 142 Å². The predicted molar refractivity (Wildman–Crippen MR) is 246 cm³/mol. The number of pyridine rings is 1. The summed E-state index contributed by atoms with van der Waals surface area (Å²) in [5, 5.41) is 18.8. The molecule has 0 aliphatic heterocycles. The van der Waals surface area contributed by atoms with Crippen LogP contribution in [0.25, 0.3) is 22.0 Å². The first kappa shape index (κ1) is 54.7. The average molecular weight is 1060 g/mol. The second kappa shape index (κ2) is 20.8. The number of hydrogen-bond donors (Lipinski definition) is 2. The van der Waals surface area contributed by atoms with Crippen molar-refractivity contribution in [2.24, 2.45) is 11.8 Å². The van der Waals surface area contributed by atoms with Crippen LogP contribution >= 0.6 is 23.4 Å². The number of alkyl halides is 8. The quantitative estimate of drug-likeness (QED) is 0.0867. The van der Waals surface area contributed by atoms with E-state index in [-0.39, 0.29) is 56.0 Å². The van der Waals surface area contributed by atoms with Gasteiger partial charge in [-0.1, -0.05) is 37.4 Å². The molecule has 0 bridgehead atoms. The molecule has 3 heterocycles. The lowest BCUT2D eigenvalue weighted by atomic mass is 9.74. The smallest absolute Gasteiger partial charge is 0.435 e. The fourth-order valence-electron chi connectivity index (χ4n) is 8.19. The molecule has 3 aromatic heterocycles. The molecule has 2 amide bonds. The zero-order valence-corrected chi connectivity index (χ0v) is 40.8. The molecule has 0 spiro atoms. The lowest BCUT2D eigenvalue weighted by Gasteiger charge is -2.33. The van der Waals surface area contributed by atoms with Crippen molar-refractivity contribution < 1.29 is 67.6 Å². The minimum atomic E-state index is -5.18. The molecule has 2 aliphatic rings. The maximum absolute atomic E-state index is 15.1. The molecule has 1 fully saturated rings. The highest BCUT2D eigenvalue weighted by Gasteiger charge is 2.50. The fourth-order valence-corrected chi connectivity index (χ4v) is 9.36. The number of benzene rings is 2. The van der Waals surface area contributed by atoms with Crippen molar-refractivity contribution in [3.63, 3.8) is 0 Å². The lowest BCUT2D eigenvalue weighted by molar-refractivity contribution is -0.148. The fraction of sp³-hybridized carbons (Fsp3) is 0.435. The summed E-state index contributed by atoms with van der Waals surface area (Å²) >= 11 is 8.06. The number of nitrogens with zero attached hydrogens (tertiary/aromatic N) is 6. The number of hydrogen-bond acceptors (Lipinski definition) is 8. The third-order valence-electron chi connectivity index (χ3n) is 11.5. The maximum atomic E-state index is 15.1. The number of anilines is 1. The largest absolute Gasteiger partial charge is 0.481 e. The molecular formula is C46H44ClF10N7O5S2. The summed E-state index contributed by atoms with van der Waals surface area (Å²) < 4.78 is 159. The highest BCUT2D eigenvalue weighted by molar-refractivity contribution is 8.00. The molecule has 2 N–H and O–H groups in total. The Morgan fingerprint density at radius 2 is 1.62 bits per heavy atom.